The van der Waals surface area contributed by atoms with E-state index in [2.05, 4.69) is 72.1 Å². The molecule has 144 valence electrons. The summed E-state index contributed by atoms with van der Waals surface area (Å²) in [6.07, 6.45) is 0. The summed E-state index contributed by atoms with van der Waals surface area (Å²) < 4.78 is 0. The van der Waals surface area contributed by atoms with Crippen molar-refractivity contribution in [3.8, 4) is 28.0 Å². The quantitative estimate of drug-likeness (QED) is 0.314. The van der Waals surface area contributed by atoms with Gasteiger partial charge in [-0.3, -0.25) is 0 Å². The highest BCUT2D eigenvalue weighted by Crippen LogP contribution is 2.39. The molecule has 0 saturated heterocycles. The molecule has 5 rings (SSSR count). The van der Waals surface area contributed by atoms with Crippen LogP contribution in [0.1, 0.15) is 4.88 Å². The maximum atomic E-state index is 9.73. The minimum Gasteiger partial charge on any atom is -0.192 e. The van der Waals surface area contributed by atoms with Gasteiger partial charge in [0, 0.05) is 14.6 Å². The number of rotatable bonds is 3. The molecule has 1 aliphatic heterocycles. The molecule has 0 saturated carbocycles. The van der Waals surface area contributed by atoms with Gasteiger partial charge in [0.1, 0.15) is 23.8 Å². The number of hydrogen-bond acceptors (Lipinski definition) is 5. The van der Waals surface area contributed by atoms with Crippen molar-refractivity contribution in [1.29, 1.82) is 15.8 Å². The van der Waals surface area contributed by atoms with Crippen LogP contribution in [-0.4, -0.2) is 8.07 Å². The monoisotopic (exact) mass is 447 g/mol. The molecular formula is C25H13N3S2Si. The lowest BCUT2D eigenvalue weighted by Crippen LogP contribution is -2.72. The van der Waals surface area contributed by atoms with Crippen LogP contribution in [0.3, 0.4) is 0 Å². The van der Waals surface area contributed by atoms with E-state index in [0.29, 0.717) is 4.88 Å². The Bertz CT molecular complexity index is 1400. The van der Waals surface area contributed by atoms with Crippen molar-refractivity contribution in [2.45, 2.75) is 0 Å². The van der Waals surface area contributed by atoms with Gasteiger partial charge < -0.3 is 0 Å². The van der Waals surface area contributed by atoms with Gasteiger partial charge in [-0.1, -0.05) is 66.7 Å². The summed E-state index contributed by atoms with van der Waals surface area (Å²) in [6, 6.07) is 31.3. The fraction of sp³-hybridized carbons (Fsp3) is 0. The molecule has 0 N–H and O–H groups in total. The standard InChI is InChI=1S/C25H13N3S2Si/c26-14-17(15-27)20(16-28)21-13-23-25(30-21)24-22(11-12-29-24)31(23,18-7-3-1-4-8-18)19-9-5-2-6-10-19/h1-13H. The lowest BCUT2D eigenvalue weighted by molar-refractivity contribution is 1.46. The molecule has 4 aromatic rings. The second-order valence-electron chi connectivity index (χ2n) is 7.08. The van der Waals surface area contributed by atoms with Gasteiger partial charge in [-0.2, -0.15) is 15.8 Å². The number of thiophene rings is 2. The summed E-state index contributed by atoms with van der Waals surface area (Å²) in [5, 5.41) is 35.7. The Kier molecular flexibility index (Phi) is 4.66. The van der Waals surface area contributed by atoms with Crippen molar-refractivity contribution in [2.24, 2.45) is 0 Å². The van der Waals surface area contributed by atoms with E-state index in [9.17, 15) is 15.8 Å². The van der Waals surface area contributed by atoms with Gasteiger partial charge >= 0.3 is 0 Å². The van der Waals surface area contributed by atoms with Crippen molar-refractivity contribution < 1.29 is 0 Å². The topological polar surface area (TPSA) is 71.4 Å². The first-order chi connectivity index (χ1) is 15.2. The molecule has 0 fully saturated rings. The average molecular weight is 448 g/mol. The molecule has 0 radical (unpaired) electrons. The van der Waals surface area contributed by atoms with E-state index in [0.717, 1.165) is 4.88 Å². The van der Waals surface area contributed by atoms with Crippen molar-refractivity contribution in [3.63, 3.8) is 0 Å². The second kappa shape index (κ2) is 7.51. The van der Waals surface area contributed by atoms with Gasteiger partial charge in [0.2, 0.25) is 0 Å². The van der Waals surface area contributed by atoms with E-state index in [1.807, 2.05) is 24.3 Å². The van der Waals surface area contributed by atoms with Crippen LogP contribution in [0.2, 0.25) is 0 Å². The second-order valence-corrected chi connectivity index (χ2v) is 12.8. The van der Waals surface area contributed by atoms with E-state index < -0.39 is 8.07 Å². The molecule has 0 aliphatic carbocycles. The van der Waals surface area contributed by atoms with Gasteiger partial charge in [0.15, 0.2) is 8.07 Å². The SMILES string of the molecule is N#CC(C#N)=C(C#N)c1cc2c(s1)-c1sccc1[Si]2(c1ccccc1)c1ccccc1. The van der Waals surface area contributed by atoms with Gasteiger partial charge in [-0.25, -0.2) is 0 Å². The smallest absolute Gasteiger partial charge is 0.182 e. The third-order valence-corrected chi connectivity index (χ3v) is 13.1. The Balaban J connectivity index is 1.90. The van der Waals surface area contributed by atoms with Crippen LogP contribution in [-0.2, 0) is 0 Å². The molecule has 31 heavy (non-hydrogen) atoms. The first-order valence-corrected chi connectivity index (χ1v) is 13.2. The van der Waals surface area contributed by atoms with E-state index in [4.69, 9.17) is 0 Å². The van der Waals surface area contributed by atoms with Crippen LogP contribution in [0.15, 0.2) is 83.7 Å². The van der Waals surface area contributed by atoms with E-state index in [1.165, 1.54) is 37.0 Å². The van der Waals surface area contributed by atoms with Gasteiger partial charge in [-0.05, 0) is 32.2 Å². The summed E-state index contributed by atoms with van der Waals surface area (Å²) in [6.45, 7) is 0. The number of benzene rings is 2. The maximum Gasteiger partial charge on any atom is 0.182 e. The number of nitrogens with zero attached hydrogens (tertiary/aromatic N) is 3. The summed E-state index contributed by atoms with van der Waals surface area (Å²) >= 11 is 3.23. The Labute approximate surface area is 189 Å². The van der Waals surface area contributed by atoms with Crippen LogP contribution in [0.25, 0.3) is 15.3 Å². The van der Waals surface area contributed by atoms with E-state index in [1.54, 1.807) is 11.3 Å². The Morgan fingerprint density at radius 3 is 1.87 bits per heavy atom. The molecule has 0 unspecified atom stereocenters. The predicted octanol–water partition coefficient (Wildman–Crippen LogP) is 3.49. The zero-order valence-electron chi connectivity index (χ0n) is 16.2. The number of hydrogen-bond donors (Lipinski definition) is 0. The number of nitriles is 3. The average Bonchev–Trinajstić information content (AvgIpc) is 3.52. The Hall–Kier alpha value is -3.73. The zero-order chi connectivity index (χ0) is 21.4. The minimum atomic E-state index is -2.54. The predicted molar refractivity (Wildman–Crippen MR) is 129 cm³/mol. The summed E-state index contributed by atoms with van der Waals surface area (Å²) in [5.41, 5.74) is 0.0204. The summed E-state index contributed by atoms with van der Waals surface area (Å²) in [4.78, 5) is 3.08. The van der Waals surface area contributed by atoms with Crippen LogP contribution >= 0.6 is 22.7 Å². The van der Waals surface area contributed by atoms with Gasteiger partial charge in [0.25, 0.3) is 0 Å². The van der Waals surface area contributed by atoms with Crippen molar-refractivity contribution in [3.05, 3.63) is 88.6 Å². The van der Waals surface area contributed by atoms with E-state index in [-0.39, 0.29) is 11.1 Å². The molecule has 6 heteroatoms. The van der Waals surface area contributed by atoms with E-state index >= 15 is 0 Å². The van der Waals surface area contributed by atoms with Crippen LogP contribution in [0.5, 0.6) is 0 Å². The Morgan fingerprint density at radius 1 is 0.710 bits per heavy atom. The molecule has 0 spiro atoms. The molecular weight excluding hydrogens is 435 g/mol. The lowest BCUT2D eigenvalue weighted by atomic mass is 10.1. The van der Waals surface area contributed by atoms with Crippen molar-refractivity contribution in [2.75, 3.05) is 0 Å². The third-order valence-electron chi connectivity index (χ3n) is 5.66. The van der Waals surface area contributed by atoms with Crippen molar-refractivity contribution in [1.82, 2.24) is 0 Å². The minimum absolute atomic E-state index is 0.138. The molecule has 1 aliphatic rings. The first kappa shape index (κ1) is 19.2. The maximum absolute atomic E-state index is 9.73. The lowest BCUT2D eigenvalue weighted by Gasteiger charge is -2.29. The van der Waals surface area contributed by atoms with Crippen LogP contribution in [0.4, 0.5) is 0 Å². The van der Waals surface area contributed by atoms with Gasteiger partial charge in [-0.15, -0.1) is 22.7 Å². The van der Waals surface area contributed by atoms with Crippen LogP contribution in [0, 0.1) is 34.0 Å². The zero-order valence-corrected chi connectivity index (χ0v) is 18.8. The Morgan fingerprint density at radius 2 is 1.32 bits per heavy atom. The van der Waals surface area contributed by atoms with Gasteiger partial charge in [0.05, 0.1) is 5.57 Å². The largest absolute Gasteiger partial charge is 0.192 e. The molecule has 2 aromatic carbocycles. The highest BCUT2D eigenvalue weighted by Gasteiger charge is 2.50. The molecule has 0 atom stereocenters. The summed E-state index contributed by atoms with van der Waals surface area (Å²) in [5.74, 6) is 0. The highest BCUT2D eigenvalue weighted by atomic mass is 32.1. The fourth-order valence-electron chi connectivity index (χ4n) is 4.42. The first-order valence-electron chi connectivity index (χ1n) is 9.54. The fourth-order valence-corrected chi connectivity index (χ4v) is 13.0. The highest BCUT2D eigenvalue weighted by molar-refractivity contribution is 7.33. The summed E-state index contributed by atoms with van der Waals surface area (Å²) in [7, 11) is -2.54. The number of allylic oxidation sites excluding steroid dienone is 2. The molecule has 3 nitrogen and oxygen atoms in total. The normalized spacial score (nSPS) is 12.7. The van der Waals surface area contributed by atoms with Crippen LogP contribution < -0.4 is 20.7 Å². The number of fused-ring (bicyclic) bond motifs is 3. The third kappa shape index (κ3) is 2.66. The molecule has 2 aromatic heterocycles. The molecule has 0 amide bonds. The molecule has 3 heterocycles. The molecule has 0 bridgehead atoms. The van der Waals surface area contributed by atoms with Crippen molar-refractivity contribution >= 4 is 57.1 Å².